The number of nitrogens with one attached hydrogen (secondary N) is 4. The van der Waals surface area contributed by atoms with Gasteiger partial charge in [0.05, 0.1) is 77.8 Å². The predicted octanol–water partition coefficient (Wildman–Crippen LogP) is 5.52. The number of carbonyl (C=O) groups excluding carboxylic acids is 3. The number of hydrogen-bond donors (Lipinski definition) is 7. The number of fused-ring (bicyclic) bond motifs is 2. The first-order chi connectivity index (χ1) is 32.4. The lowest BCUT2D eigenvalue weighted by Gasteiger charge is -2.34. The van der Waals surface area contributed by atoms with Crippen molar-refractivity contribution < 1.29 is 48.7 Å². The number of aliphatic hydroxyl groups is 2. The van der Waals surface area contributed by atoms with Crippen LogP contribution in [0.5, 0.6) is 0 Å². The molecule has 5 heterocycles. The summed E-state index contributed by atoms with van der Waals surface area (Å²) in [6.07, 6.45) is -3.04. The summed E-state index contributed by atoms with van der Waals surface area (Å²) in [5.74, 6) is 0.0854. The van der Waals surface area contributed by atoms with Crippen molar-refractivity contribution in [1.29, 1.82) is 0 Å². The minimum atomic E-state index is -1.36. The van der Waals surface area contributed by atoms with Crippen LogP contribution < -0.4 is 15.5 Å². The van der Waals surface area contributed by atoms with Crippen LogP contribution in [0.25, 0.3) is 22.1 Å². The average Bonchev–Trinajstić information content (AvgIpc) is 4.17. The Morgan fingerprint density at radius 1 is 0.691 bits per heavy atom. The first-order valence-corrected chi connectivity index (χ1v) is 23.1. The van der Waals surface area contributed by atoms with E-state index in [0.29, 0.717) is 22.7 Å². The van der Waals surface area contributed by atoms with Gasteiger partial charge in [0.25, 0.3) is 0 Å². The highest BCUT2D eigenvalue weighted by molar-refractivity contribution is 5.88. The van der Waals surface area contributed by atoms with Crippen LogP contribution in [-0.4, -0.2) is 140 Å². The smallest absolute Gasteiger partial charge is 0.407 e. The topological polar surface area (TPSA) is 248 Å². The highest BCUT2D eigenvalue weighted by Gasteiger charge is 2.44. The maximum Gasteiger partial charge on any atom is 0.407 e. The Hall–Kier alpha value is -6.28. The van der Waals surface area contributed by atoms with Crippen molar-refractivity contribution in [1.82, 2.24) is 40.4 Å². The molecule has 0 aliphatic carbocycles. The number of benzene rings is 3. The third-order valence-corrected chi connectivity index (χ3v) is 13.9. The second-order valence-corrected chi connectivity index (χ2v) is 19.3. The number of imidazole rings is 2. The van der Waals surface area contributed by atoms with Crippen molar-refractivity contribution in [3.63, 3.8) is 0 Å². The van der Waals surface area contributed by atoms with E-state index in [1.165, 1.54) is 36.7 Å². The molecule has 3 aliphatic rings. The quantitative estimate of drug-likeness (QED) is 0.0770. The molecule has 2 aromatic heterocycles. The van der Waals surface area contributed by atoms with Crippen LogP contribution in [0.2, 0.25) is 0 Å². The number of aromatic nitrogens is 4. The van der Waals surface area contributed by atoms with Crippen LogP contribution in [-0.2, 0) is 29.2 Å². The Morgan fingerprint density at radius 2 is 1.15 bits per heavy atom. The molecular weight excluding hydrogens is 875 g/mol. The molecule has 0 unspecified atom stereocenters. The van der Waals surface area contributed by atoms with Gasteiger partial charge in [-0.2, -0.15) is 0 Å². The standard InChI is InChI=1S/C49H63N9O10/c1-25(66-6)41(54-47(63)64)45(61)56-23-31(59)21-39(56)43-50-33-15-9-27(19-35(33)52-43)37-17-18-38(58(37)30-13-11-29(12-14-30)49(3,4)5)28-10-16-34-36(20-28)53-44(51-34)40-22-32(60)24-57(40)46(62)42(26(2)67-7)55-48(65)68-8/h9-16,19-20,25-26,31-32,37-42,54,59-60H,17-18,21-24H2,1-8H3,(H,50,52)(H,51,53)(H,55,65)(H,63,64)/t25-,26-,31+,32+,37-,38-,39+,40+,41+,42+/m1/s1. The molecule has 3 fully saturated rings. The molecule has 19 heteroatoms. The summed E-state index contributed by atoms with van der Waals surface area (Å²) in [7, 11) is 4.08. The molecule has 364 valence electrons. The van der Waals surface area contributed by atoms with Gasteiger partial charge in [0.1, 0.15) is 23.7 Å². The fraction of sp³-hybridized carbons (Fsp3) is 0.510. The van der Waals surface area contributed by atoms with Crippen molar-refractivity contribution in [3.8, 4) is 0 Å². The SMILES string of the molecule is COC(=O)N[C@H](C(=O)N1C[C@@H](O)C[C@H]1c1nc2ccc([C@H]3CC[C@H](c4ccc5nc([C@@H]6C[C@H](O)CN6C(=O)[C@@H](NC(=O)O)[C@@H](C)OC)[nH]c5c4)N3c3ccc(C(C)(C)C)cc3)cc2[nH]1)[C@@H](C)OC. The van der Waals surface area contributed by atoms with Crippen molar-refractivity contribution >= 4 is 51.8 Å². The van der Waals surface area contributed by atoms with Gasteiger partial charge >= 0.3 is 12.2 Å². The number of β-amino-alcohol motifs (C(OH)–C–C–N with tert-alkyl or cyclic N) is 2. The molecular formula is C49H63N9O10. The summed E-state index contributed by atoms with van der Waals surface area (Å²) in [5.41, 5.74) is 7.30. The number of carbonyl (C=O) groups is 4. The summed E-state index contributed by atoms with van der Waals surface area (Å²) in [6.45, 7) is 9.94. The Bertz CT molecular complexity index is 2650. The van der Waals surface area contributed by atoms with Crippen molar-refractivity contribution in [3.05, 3.63) is 89.0 Å². The van der Waals surface area contributed by atoms with Crippen LogP contribution in [0, 0.1) is 0 Å². The maximum atomic E-state index is 14.0. The lowest BCUT2D eigenvalue weighted by atomic mass is 9.87. The van der Waals surface area contributed by atoms with Crippen molar-refractivity contribution in [2.45, 2.75) is 126 Å². The van der Waals surface area contributed by atoms with E-state index in [4.69, 9.17) is 24.2 Å². The molecule has 0 spiro atoms. The van der Waals surface area contributed by atoms with Gasteiger partial charge in [0.15, 0.2) is 0 Å². The van der Waals surface area contributed by atoms with Crippen LogP contribution in [0.1, 0.15) is 113 Å². The number of ether oxygens (including phenoxy) is 3. The lowest BCUT2D eigenvalue weighted by Crippen LogP contribution is -2.54. The molecule has 7 N–H and O–H groups in total. The Labute approximate surface area is 394 Å². The number of methoxy groups -OCH3 is 3. The van der Waals surface area contributed by atoms with Gasteiger partial charge in [-0.25, -0.2) is 19.6 Å². The zero-order valence-electron chi connectivity index (χ0n) is 39.7. The number of H-pyrrole nitrogens is 2. The molecule has 68 heavy (non-hydrogen) atoms. The lowest BCUT2D eigenvalue weighted by molar-refractivity contribution is -0.138. The van der Waals surface area contributed by atoms with Gasteiger partial charge in [-0.3, -0.25) is 9.59 Å². The molecule has 0 bridgehead atoms. The minimum absolute atomic E-state index is 0.0186. The normalized spacial score (nSPS) is 23.8. The van der Waals surface area contributed by atoms with Gasteiger partial charge in [-0.05, 0) is 85.2 Å². The Kier molecular flexibility index (Phi) is 13.7. The number of likely N-dealkylation sites (tertiary alicyclic amines) is 2. The molecule has 8 rings (SSSR count). The summed E-state index contributed by atoms with van der Waals surface area (Å²) < 4.78 is 15.6. The minimum Gasteiger partial charge on any atom is -0.465 e. The van der Waals surface area contributed by atoms with Gasteiger partial charge in [0, 0.05) is 45.8 Å². The van der Waals surface area contributed by atoms with Crippen LogP contribution in [0.4, 0.5) is 15.3 Å². The zero-order valence-corrected chi connectivity index (χ0v) is 39.7. The van der Waals surface area contributed by atoms with E-state index in [1.807, 2.05) is 12.1 Å². The molecule has 3 aliphatic heterocycles. The fourth-order valence-electron chi connectivity index (χ4n) is 10.1. The molecule has 4 amide bonds. The van der Waals surface area contributed by atoms with E-state index in [1.54, 1.807) is 13.8 Å². The number of aliphatic hydroxyl groups excluding tert-OH is 2. The van der Waals surface area contributed by atoms with Gasteiger partial charge in [-0.1, -0.05) is 45.0 Å². The van der Waals surface area contributed by atoms with Crippen LogP contribution >= 0.6 is 0 Å². The number of carboxylic acid groups (broad SMARTS) is 1. The highest BCUT2D eigenvalue weighted by Crippen LogP contribution is 2.48. The van der Waals surface area contributed by atoms with Crippen molar-refractivity contribution in [2.24, 2.45) is 0 Å². The largest absolute Gasteiger partial charge is 0.465 e. The second-order valence-electron chi connectivity index (χ2n) is 19.3. The van der Waals surface area contributed by atoms with E-state index in [-0.39, 0.29) is 43.4 Å². The molecule has 5 aromatic rings. The first kappa shape index (κ1) is 48.2. The molecule has 3 saturated heterocycles. The van der Waals surface area contributed by atoms with Crippen LogP contribution in [0.3, 0.4) is 0 Å². The predicted molar refractivity (Wildman–Crippen MR) is 252 cm³/mol. The zero-order chi connectivity index (χ0) is 48.8. The van der Waals surface area contributed by atoms with Gasteiger partial charge < -0.3 is 64.8 Å². The molecule has 0 saturated carbocycles. The number of hydrogen-bond acceptors (Lipinski definition) is 12. The monoisotopic (exact) mass is 937 g/mol. The summed E-state index contributed by atoms with van der Waals surface area (Å²) in [5, 5.41) is 36.0. The summed E-state index contributed by atoms with van der Waals surface area (Å²) in [4.78, 5) is 73.9. The summed E-state index contributed by atoms with van der Waals surface area (Å²) >= 11 is 0. The maximum absolute atomic E-state index is 14.0. The number of aromatic amines is 2. The van der Waals surface area contributed by atoms with Crippen molar-refractivity contribution in [2.75, 3.05) is 39.3 Å². The fourth-order valence-corrected chi connectivity index (χ4v) is 10.1. The van der Waals surface area contributed by atoms with E-state index in [0.717, 1.165) is 40.7 Å². The van der Waals surface area contributed by atoms with E-state index < -0.39 is 72.6 Å². The van der Waals surface area contributed by atoms with E-state index >= 15 is 0 Å². The third-order valence-electron chi connectivity index (χ3n) is 13.9. The second kappa shape index (κ2) is 19.4. The Morgan fingerprint density at radius 3 is 1.56 bits per heavy atom. The molecule has 10 atom stereocenters. The molecule has 19 nitrogen and oxygen atoms in total. The highest BCUT2D eigenvalue weighted by atomic mass is 16.5. The number of alkyl carbamates (subject to hydrolysis) is 1. The summed E-state index contributed by atoms with van der Waals surface area (Å²) in [6, 6.07) is 17.5. The third kappa shape index (κ3) is 9.57. The van der Waals surface area contributed by atoms with Crippen LogP contribution in [0.15, 0.2) is 60.7 Å². The number of nitrogens with zero attached hydrogens (tertiary/aromatic N) is 5. The van der Waals surface area contributed by atoms with Gasteiger partial charge in [-0.15, -0.1) is 0 Å². The number of rotatable bonds is 13. The Balaban J connectivity index is 1.10. The van der Waals surface area contributed by atoms with E-state index in [2.05, 4.69) is 94.8 Å². The number of anilines is 1. The molecule has 3 aromatic carbocycles. The van der Waals surface area contributed by atoms with E-state index in [9.17, 15) is 34.5 Å². The average molecular weight is 938 g/mol. The first-order valence-electron chi connectivity index (χ1n) is 23.1. The number of amides is 4. The molecule has 0 radical (unpaired) electrons. The van der Waals surface area contributed by atoms with Gasteiger partial charge in [0.2, 0.25) is 11.8 Å².